The van der Waals surface area contributed by atoms with Crippen molar-refractivity contribution in [3.8, 4) is 11.5 Å². The Bertz CT molecular complexity index is 665. The molecule has 0 aliphatic carbocycles. The van der Waals surface area contributed by atoms with Crippen LogP contribution in [-0.4, -0.2) is 18.4 Å². The van der Waals surface area contributed by atoms with E-state index in [0.29, 0.717) is 28.5 Å². The van der Waals surface area contributed by atoms with Gasteiger partial charge in [0.05, 0.1) is 5.02 Å². The van der Waals surface area contributed by atoms with Gasteiger partial charge in [-0.3, -0.25) is 4.79 Å². The van der Waals surface area contributed by atoms with Crippen molar-refractivity contribution in [3.05, 3.63) is 59.1 Å². The molecule has 0 aliphatic heterocycles. The molecule has 5 heteroatoms. The lowest BCUT2D eigenvalue weighted by Gasteiger charge is -2.08. The number of carbonyl (C=O) groups excluding carboxylic acids is 2. The lowest BCUT2D eigenvalue weighted by molar-refractivity contribution is -0.136. The topological polar surface area (TPSA) is 52.6 Å². The molecule has 0 aliphatic rings. The molecule has 2 aromatic rings. The molecule has 0 spiro atoms. The molecule has 22 heavy (non-hydrogen) atoms. The molecule has 2 aromatic carbocycles. The quantitative estimate of drug-likeness (QED) is 0.460. The molecule has 0 saturated carbocycles. The zero-order valence-electron chi connectivity index (χ0n) is 12.0. The van der Waals surface area contributed by atoms with Crippen LogP contribution in [0.1, 0.15) is 23.7 Å². The number of carbonyl (C=O) groups is 2. The van der Waals surface area contributed by atoms with Crippen molar-refractivity contribution in [1.29, 1.82) is 0 Å². The Balaban J connectivity index is 1.89. The van der Waals surface area contributed by atoms with E-state index in [4.69, 9.17) is 21.1 Å². The molecule has 0 radical (unpaired) electrons. The predicted molar refractivity (Wildman–Crippen MR) is 83.6 cm³/mol. The van der Waals surface area contributed by atoms with E-state index in [2.05, 4.69) is 0 Å². The van der Waals surface area contributed by atoms with Crippen LogP contribution in [0.5, 0.6) is 11.5 Å². The number of hydrogen-bond acceptors (Lipinski definition) is 4. The highest BCUT2D eigenvalue weighted by Gasteiger charge is 2.09. The molecule has 0 heterocycles. The summed E-state index contributed by atoms with van der Waals surface area (Å²) in [6.45, 7) is 1.54. The third-order valence-corrected chi connectivity index (χ3v) is 3.22. The number of Topliss-reactive ketones (excluding diaryl/α,β-unsaturated/α-hetero) is 1. The van der Waals surface area contributed by atoms with Gasteiger partial charge in [0, 0.05) is 12.0 Å². The van der Waals surface area contributed by atoms with E-state index in [0.717, 1.165) is 0 Å². The lowest BCUT2D eigenvalue weighted by Crippen LogP contribution is -2.17. The first kappa shape index (κ1) is 16.0. The summed E-state index contributed by atoms with van der Waals surface area (Å²) in [6.07, 6.45) is 0.435. The monoisotopic (exact) mass is 318 g/mol. The van der Waals surface area contributed by atoms with Crippen LogP contribution in [0.25, 0.3) is 0 Å². The van der Waals surface area contributed by atoms with E-state index in [1.807, 2.05) is 0 Å². The summed E-state index contributed by atoms with van der Waals surface area (Å²) >= 11 is 5.92. The molecule has 0 amide bonds. The van der Waals surface area contributed by atoms with Crippen molar-refractivity contribution in [3.63, 3.8) is 0 Å². The van der Waals surface area contributed by atoms with Crippen molar-refractivity contribution < 1.29 is 19.1 Å². The number of hydrogen-bond donors (Lipinski definition) is 0. The Morgan fingerprint density at radius 1 is 1.05 bits per heavy atom. The minimum Gasteiger partial charge on any atom is -0.480 e. The highest BCUT2D eigenvalue weighted by atomic mass is 35.5. The number of halogens is 1. The van der Waals surface area contributed by atoms with Crippen molar-refractivity contribution in [1.82, 2.24) is 0 Å². The van der Waals surface area contributed by atoms with E-state index >= 15 is 0 Å². The van der Waals surface area contributed by atoms with Gasteiger partial charge in [-0.1, -0.05) is 30.7 Å². The van der Waals surface area contributed by atoms with Crippen molar-refractivity contribution in [2.75, 3.05) is 6.61 Å². The summed E-state index contributed by atoms with van der Waals surface area (Å²) in [5.41, 5.74) is 0.592. The van der Waals surface area contributed by atoms with Crippen LogP contribution in [0, 0.1) is 0 Å². The Morgan fingerprint density at radius 2 is 1.73 bits per heavy atom. The third-order valence-electron chi connectivity index (χ3n) is 2.91. The van der Waals surface area contributed by atoms with Gasteiger partial charge < -0.3 is 9.47 Å². The maximum atomic E-state index is 11.7. The first-order chi connectivity index (χ1) is 10.6. The molecular formula is C17H15ClO4. The number of ketones is 1. The maximum Gasteiger partial charge on any atom is 0.349 e. The van der Waals surface area contributed by atoms with Crippen molar-refractivity contribution in [2.45, 2.75) is 13.3 Å². The second-order valence-corrected chi connectivity index (χ2v) is 4.90. The van der Waals surface area contributed by atoms with Crippen LogP contribution < -0.4 is 9.47 Å². The Morgan fingerprint density at radius 3 is 2.36 bits per heavy atom. The van der Waals surface area contributed by atoms with Gasteiger partial charge in [0.2, 0.25) is 0 Å². The minimum absolute atomic E-state index is 0.0416. The van der Waals surface area contributed by atoms with Crippen molar-refractivity contribution >= 4 is 23.4 Å². The summed E-state index contributed by atoms with van der Waals surface area (Å²) in [6, 6.07) is 13.3. The zero-order valence-corrected chi connectivity index (χ0v) is 12.8. The average Bonchev–Trinajstić information content (AvgIpc) is 2.54. The molecule has 0 atom stereocenters. The molecule has 4 nitrogen and oxygen atoms in total. The molecule has 0 bridgehead atoms. The maximum absolute atomic E-state index is 11.7. The molecule has 0 saturated heterocycles. The SMILES string of the molecule is CCC(=O)c1ccc(OC(=O)COc2ccccc2Cl)cc1. The Labute approximate surface area is 133 Å². The number of benzene rings is 2. The number of esters is 1. The number of rotatable bonds is 6. The molecule has 2 rings (SSSR count). The lowest BCUT2D eigenvalue weighted by atomic mass is 10.1. The van der Waals surface area contributed by atoms with Gasteiger partial charge >= 0.3 is 5.97 Å². The molecule has 114 valence electrons. The van der Waals surface area contributed by atoms with Gasteiger partial charge in [0.15, 0.2) is 12.4 Å². The zero-order chi connectivity index (χ0) is 15.9. The smallest absolute Gasteiger partial charge is 0.349 e. The van der Waals surface area contributed by atoms with Crippen LogP contribution in [0.4, 0.5) is 0 Å². The van der Waals surface area contributed by atoms with Gasteiger partial charge in [-0.25, -0.2) is 4.79 Å². The fourth-order valence-electron chi connectivity index (χ4n) is 1.77. The third kappa shape index (κ3) is 4.33. The highest BCUT2D eigenvalue weighted by molar-refractivity contribution is 6.32. The van der Waals surface area contributed by atoms with E-state index in [-0.39, 0.29) is 12.4 Å². The predicted octanol–water partition coefficient (Wildman–Crippen LogP) is 3.92. The van der Waals surface area contributed by atoms with Crippen LogP contribution in [-0.2, 0) is 4.79 Å². The standard InChI is InChI=1S/C17H15ClO4/c1-2-15(19)12-7-9-13(10-8-12)22-17(20)11-21-16-6-4-3-5-14(16)18/h3-10H,2,11H2,1H3. The van der Waals surface area contributed by atoms with Gasteiger partial charge in [0.1, 0.15) is 11.5 Å². The second kappa shape index (κ2) is 7.61. The largest absolute Gasteiger partial charge is 0.480 e. The Hall–Kier alpha value is -2.33. The summed E-state index contributed by atoms with van der Waals surface area (Å²) in [5.74, 6) is 0.278. The van der Waals surface area contributed by atoms with Crippen LogP contribution in [0.3, 0.4) is 0 Å². The molecule has 0 aromatic heterocycles. The number of ether oxygens (including phenoxy) is 2. The first-order valence-corrected chi connectivity index (χ1v) is 7.19. The summed E-state index contributed by atoms with van der Waals surface area (Å²) in [7, 11) is 0. The second-order valence-electron chi connectivity index (χ2n) is 4.49. The highest BCUT2D eigenvalue weighted by Crippen LogP contribution is 2.23. The van der Waals surface area contributed by atoms with Crippen LogP contribution >= 0.6 is 11.6 Å². The molecule has 0 N–H and O–H groups in total. The molecule has 0 unspecified atom stereocenters. The van der Waals surface area contributed by atoms with E-state index in [9.17, 15) is 9.59 Å². The summed E-state index contributed by atoms with van der Waals surface area (Å²) < 4.78 is 10.4. The summed E-state index contributed by atoms with van der Waals surface area (Å²) in [4.78, 5) is 23.2. The van der Waals surface area contributed by atoms with E-state index in [1.165, 1.54) is 0 Å². The Kier molecular flexibility index (Phi) is 5.55. The van der Waals surface area contributed by atoms with Crippen LogP contribution in [0.2, 0.25) is 5.02 Å². The minimum atomic E-state index is -0.547. The summed E-state index contributed by atoms with van der Waals surface area (Å²) in [5, 5.41) is 0.428. The van der Waals surface area contributed by atoms with Crippen LogP contribution in [0.15, 0.2) is 48.5 Å². The average molecular weight is 319 g/mol. The normalized spacial score (nSPS) is 10.1. The number of para-hydroxylation sites is 1. The van der Waals surface area contributed by atoms with Crippen molar-refractivity contribution in [2.24, 2.45) is 0 Å². The van der Waals surface area contributed by atoms with E-state index < -0.39 is 5.97 Å². The molecule has 0 fully saturated rings. The van der Waals surface area contributed by atoms with Gasteiger partial charge in [0.25, 0.3) is 0 Å². The fraction of sp³-hybridized carbons (Fsp3) is 0.176. The molecular weight excluding hydrogens is 304 g/mol. The van der Waals surface area contributed by atoms with E-state index in [1.54, 1.807) is 55.5 Å². The van der Waals surface area contributed by atoms with Gasteiger partial charge in [-0.05, 0) is 36.4 Å². The first-order valence-electron chi connectivity index (χ1n) is 6.81. The van der Waals surface area contributed by atoms with Gasteiger partial charge in [-0.15, -0.1) is 0 Å². The van der Waals surface area contributed by atoms with Gasteiger partial charge in [-0.2, -0.15) is 0 Å². The fourth-order valence-corrected chi connectivity index (χ4v) is 1.96.